The standard InChI is InChI=1S/C14H16N2O3S/c1-16-10-11-9-13(20(15,17)18)7-8-14(11)19-12-5-3-2-4-6-12/h2-9,16H,10H2,1H3,(H2,15,17,18). The van der Waals surface area contributed by atoms with Crippen LogP contribution < -0.4 is 15.2 Å². The fourth-order valence-electron chi connectivity index (χ4n) is 1.78. The van der Waals surface area contributed by atoms with Gasteiger partial charge in [-0.3, -0.25) is 0 Å². The van der Waals surface area contributed by atoms with Gasteiger partial charge in [-0.1, -0.05) is 18.2 Å². The van der Waals surface area contributed by atoms with E-state index in [0.717, 1.165) is 5.56 Å². The first-order valence-corrected chi connectivity index (χ1v) is 7.58. The number of sulfonamides is 1. The Morgan fingerprint density at radius 1 is 1.15 bits per heavy atom. The first-order chi connectivity index (χ1) is 9.50. The highest BCUT2D eigenvalue weighted by Gasteiger charge is 2.12. The summed E-state index contributed by atoms with van der Waals surface area (Å²) in [7, 11) is -1.94. The molecule has 0 spiro atoms. The van der Waals surface area contributed by atoms with Crippen molar-refractivity contribution >= 4 is 10.0 Å². The smallest absolute Gasteiger partial charge is 0.238 e. The van der Waals surface area contributed by atoms with Crippen LogP contribution in [0.25, 0.3) is 0 Å². The first kappa shape index (κ1) is 14.5. The van der Waals surface area contributed by atoms with Crippen molar-refractivity contribution in [1.29, 1.82) is 0 Å². The van der Waals surface area contributed by atoms with Gasteiger partial charge in [-0.05, 0) is 37.4 Å². The molecule has 0 aliphatic heterocycles. The average molecular weight is 292 g/mol. The van der Waals surface area contributed by atoms with Crippen LogP contribution in [0.3, 0.4) is 0 Å². The summed E-state index contributed by atoms with van der Waals surface area (Å²) in [6.45, 7) is 0.478. The van der Waals surface area contributed by atoms with E-state index in [0.29, 0.717) is 18.0 Å². The van der Waals surface area contributed by atoms with Gasteiger partial charge in [0.05, 0.1) is 4.90 Å². The fraction of sp³-hybridized carbons (Fsp3) is 0.143. The number of nitrogens with one attached hydrogen (secondary N) is 1. The summed E-state index contributed by atoms with van der Waals surface area (Å²) in [5.74, 6) is 1.28. The van der Waals surface area contributed by atoms with Gasteiger partial charge >= 0.3 is 0 Å². The lowest BCUT2D eigenvalue weighted by Gasteiger charge is -2.12. The number of hydrogen-bond acceptors (Lipinski definition) is 4. The quantitative estimate of drug-likeness (QED) is 0.881. The molecular weight excluding hydrogens is 276 g/mol. The molecule has 6 heteroatoms. The van der Waals surface area contributed by atoms with Crippen molar-refractivity contribution < 1.29 is 13.2 Å². The van der Waals surface area contributed by atoms with Crippen LogP contribution in [0.1, 0.15) is 5.56 Å². The number of para-hydroxylation sites is 1. The van der Waals surface area contributed by atoms with E-state index < -0.39 is 10.0 Å². The van der Waals surface area contributed by atoms with E-state index in [1.54, 1.807) is 13.1 Å². The maximum atomic E-state index is 11.4. The van der Waals surface area contributed by atoms with Gasteiger partial charge in [-0.25, -0.2) is 13.6 Å². The molecule has 0 atom stereocenters. The Hall–Kier alpha value is -1.89. The fourth-order valence-corrected chi connectivity index (χ4v) is 2.34. The molecule has 0 aliphatic carbocycles. The minimum atomic E-state index is -3.72. The molecule has 0 unspecified atom stereocenters. The summed E-state index contributed by atoms with van der Waals surface area (Å²) in [6, 6.07) is 13.9. The van der Waals surface area contributed by atoms with Crippen LogP contribution in [0.5, 0.6) is 11.5 Å². The average Bonchev–Trinajstić information content (AvgIpc) is 2.41. The number of rotatable bonds is 5. The monoisotopic (exact) mass is 292 g/mol. The van der Waals surface area contributed by atoms with Crippen LogP contribution in [0.4, 0.5) is 0 Å². The number of primary sulfonamides is 1. The van der Waals surface area contributed by atoms with Crippen LogP contribution >= 0.6 is 0 Å². The maximum Gasteiger partial charge on any atom is 0.238 e. The van der Waals surface area contributed by atoms with E-state index >= 15 is 0 Å². The minimum absolute atomic E-state index is 0.0724. The second-order valence-corrected chi connectivity index (χ2v) is 5.82. The summed E-state index contributed by atoms with van der Waals surface area (Å²) in [4.78, 5) is 0.0724. The lowest BCUT2D eigenvalue weighted by atomic mass is 10.2. The summed E-state index contributed by atoms with van der Waals surface area (Å²) >= 11 is 0. The lowest BCUT2D eigenvalue weighted by Crippen LogP contribution is -2.14. The van der Waals surface area contributed by atoms with Gasteiger partial charge in [0.1, 0.15) is 11.5 Å². The Kier molecular flexibility index (Phi) is 4.39. The minimum Gasteiger partial charge on any atom is -0.457 e. The van der Waals surface area contributed by atoms with Gasteiger partial charge in [0.25, 0.3) is 0 Å². The molecule has 2 rings (SSSR count). The number of ether oxygens (including phenoxy) is 1. The molecule has 0 fully saturated rings. The van der Waals surface area contributed by atoms with Gasteiger partial charge in [0, 0.05) is 12.1 Å². The Morgan fingerprint density at radius 3 is 2.45 bits per heavy atom. The molecule has 0 amide bonds. The van der Waals surface area contributed by atoms with Crippen LogP contribution in [0.2, 0.25) is 0 Å². The van der Waals surface area contributed by atoms with Crippen molar-refractivity contribution in [3.05, 3.63) is 54.1 Å². The Morgan fingerprint density at radius 2 is 1.85 bits per heavy atom. The number of benzene rings is 2. The molecule has 5 nitrogen and oxygen atoms in total. The lowest BCUT2D eigenvalue weighted by molar-refractivity contribution is 0.473. The van der Waals surface area contributed by atoms with E-state index in [1.165, 1.54) is 12.1 Å². The van der Waals surface area contributed by atoms with Crippen LogP contribution in [-0.4, -0.2) is 15.5 Å². The number of hydrogen-bond donors (Lipinski definition) is 2. The van der Waals surface area contributed by atoms with Crippen LogP contribution in [0, 0.1) is 0 Å². The van der Waals surface area contributed by atoms with Crippen molar-refractivity contribution in [2.24, 2.45) is 5.14 Å². The van der Waals surface area contributed by atoms with Gasteiger partial charge in [-0.15, -0.1) is 0 Å². The highest BCUT2D eigenvalue weighted by Crippen LogP contribution is 2.27. The zero-order valence-electron chi connectivity index (χ0n) is 11.0. The van der Waals surface area contributed by atoms with Crippen LogP contribution in [0.15, 0.2) is 53.4 Å². The van der Waals surface area contributed by atoms with E-state index in [9.17, 15) is 8.42 Å². The number of nitrogens with two attached hydrogens (primary N) is 1. The van der Waals surface area contributed by atoms with Crippen molar-refractivity contribution in [2.45, 2.75) is 11.4 Å². The van der Waals surface area contributed by atoms with E-state index in [4.69, 9.17) is 9.88 Å². The molecule has 0 heterocycles. The maximum absolute atomic E-state index is 11.4. The third-order valence-corrected chi connectivity index (χ3v) is 3.61. The molecule has 20 heavy (non-hydrogen) atoms. The first-order valence-electron chi connectivity index (χ1n) is 6.04. The molecule has 0 saturated heterocycles. The molecular formula is C14H16N2O3S. The highest BCUT2D eigenvalue weighted by atomic mass is 32.2. The molecule has 0 aromatic heterocycles. The zero-order chi connectivity index (χ0) is 14.6. The van der Waals surface area contributed by atoms with Crippen molar-refractivity contribution in [3.8, 4) is 11.5 Å². The zero-order valence-corrected chi connectivity index (χ0v) is 11.9. The molecule has 0 bridgehead atoms. The molecule has 106 valence electrons. The topological polar surface area (TPSA) is 81.4 Å². The Bertz CT molecular complexity index is 685. The predicted molar refractivity (Wildman–Crippen MR) is 77.1 cm³/mol. The van der Waals surface area contributed by atoms with E-state index in [1.807, 2.05) is 30.3 Å². The highest BCUT2D eigenvalue weighted by molar-refractivity contribution is 7.89. The second kappa shape index (κ2) is 6.04. The second-order valence-electron chi connectivity index (χ2n) is 4.26. The van der Waals surface area contributed by atoms with Crippen molar-refractivity contribution in [1.82, 2.24) is 5.32 Å². The Labute approximate surface area is 118 Å². The third-order valence-electron chi connectivity index (χ3n) is 2.70. The molecule has 2 aromatic carbocycles. The van der Waals surface area contributed by atoms with E-state index in [2.05, 4.69) is 5.32 Å². The summed E-state index contributed by atoms with van der Waals surface area (Å²) in [5.41, 5.74) is 0.725. The predicted octanol–water partition coefficient (Wildman–Crippen LogP) is 1.85. The third kappa shape index (κ3) is 3.57. The van der Waals surface area contributed by atoms with Gasteiger partial charge in [0.15, 0.2) is 0 Å². The van der Waals surface area contributed by atoms with Gasteiger partial charge in [-0.2, -0.15) is 0 Å². The SMILES string of the molecule is CNCc1cc(S(N)(=O)=O)ccc1Oc1ccccc1. The van der Waals surface area contributed by atoms with Gasteiger partial charge in [0.2, 0.25) is 10.0 Å². The van der Waals surface area contributed by atoms with E-state index in [-0.39, 0.29) is 4.90 Å². The molecule has 3 N–H and O–H groups in total. The molecule has 0 saturated carbocycles. The largest absolute Gasteiger partial charge is 0.457 e. The summed E-state index contributed by atoms with van der Waals surface area (Å²) in [6.07, 6.45) is 0. The van der Waals surface area contributed by atoms with Gasteiger partial charge < -0.3 is 10.1 Å². The van der Waals surface area contributed by atoms with Crippen molar-refractivity contribution in [2.75, 3.05) is 7.05 Å². The molecule has 2 aromatic rings. The van der Waals surface area contributed by atoms with Crippen LogP contribution in [-0.2, 0) is 16.6 Å². The normalized spacial score (nSPS) is 11.3. The molecule has 0 radical (unpaired) electrons. The molecule has 0 aliphatic rings. The summed E-state index contributed by atoms with van der Waals surface area (Å²) < 4.78 is 28.5. The summed E-state index contributed by atoms with van der Waals surface area (Å²) in [5, 5.41) is 8.11. The van der Waals surface area contributed by atoms with Crippen molar-refractivity contribution in [3.63, 3.8) is 0 Å². The Balaban J connectivity index is 2.38.